The Labute approximate surface area is 109 Å². The number of anilines is 1. The van der Waals surface area contributed by atoms with Crippen LogP contribution in [0.1, 0.15) is 30.4 Å². The number of aromatic nitrogens is 2. The van der Waals surface area contributed by atoms with Crippen LogP contribution in [0, 0.1) is 11.9 Å². The fraction of sp³-hybridized carbons (Fsp3) is 0.231. The Bertz CT molecular complexity index is 608. The predicted octanol–water partition coefficient (Wildman–Crippen LogP) is 2.99. The molecule has 0 saturated carbocycles. The largest absolute Gasteiger partial charge is 0.341 e. The number of halogens is 2. The Morgan fingerprint density at radius 3 is 2.68 bits per heavy atom. The standard InChI is InChI=1S/C13H13F2N3O/c1-8(2)18-7-3-4-10(18)13(19)16-9-5-6-11(14)17-12(9)15/h3-8H,1-2H3,(H,16,19). The highest BCUT2D eigenvalue weighted by atomic mass is 19.1. The molecule has 0 unspecified atom stereocenters. The van der Waals surface area contributed by atoms with Crippen LogP contribution in [0.3, 0.4) is 0 Å². The van der Waals surface area contributed by atoms with Gasteiger partial charge in [0, 0.05) is 12.2 Å². The molecule has 6 heteroatoms. The molecule has 4 nitrogen and oxygen atoms in total. The topological polar surface area (TPSA) is 46.9 Å². The first-order valence-electron chi connectivity index (χ1n) is 5.79. The van der Waals surface area contributed by atoms with Crippen LogP contribution in [0.4, 0.5) is 14.5 Å². The number of hydrogen-bond acceptors (Lipinski definition) is 2. The molecule has 0 radical (unpaired) electrons. The summed E-state index contributed by atoms with van der Waals surface area (Å²) in [5.41, 5.74) is 0.252. The van der Waals surface area contributed by atoms with Crippen molar-refractivity contribution in [2.24, 2.45) is 0 Å². The zero-order valence-corrected chi connectivity index (χ0v) is 10.5. The summed E-state index contributed by atoms with van der Waals surface area (Å²) in [5.74, 6) is -2.44. The molecule has 19 heavy (non-hydrogen) atoms. The second-order valence-corrected chi connectivity index (χ2v) is 4.32. The molecule has 0 fully saturated rings. The first-order valence-corrected chi connectivity index (χ1v) is 5.79. The third-order valence-electron chi connectivity index (χ3n) is 2.63. The van der Waals surface area contributed by atoms with Crippen LogP contribution >= 0.6 is 0 Å². The van der Waals surface area contributed by atoms with Crippen LogP contribution in [0.15, 0.2) is 30.5 Å². The molecule has 0 aliphatic carbocycles. The summed E-state index contributed by atoms with van der Waals surface area (Å²) >= 11 is 0. The summed E-state index contributed by atoms with van der Waals surface area (Å²) in [7, 11) is 0. The molecule has 0 aliphatic heterocycles. The smallest absolute Gasteiger partial charge is 0.272 e. The van der Waals surface area contributed by atoms with Gasteiger partial charge in [0.15, 0.2) is 0 Å². The van der Waals surface area contributed by atoms with Gasteiger partial charge in [-0.2, -0.15) is 13.8 Å². The van der Waals surface area contributed by atoms with E-state index >= 15 is 0 Å². The van der Waals surface area contributed by atoms with Gasteiger partial charge in [0.05, 0.1) is 5.69 Å². The molecule has 1 N–H and O–H groups in total. The Balaban J connectivity index is 2.23. The average molecular weight is 265 g/mol. The molecule has 2 aromatic rings. The molecule has 2 heterocycles. The van der Waals surface area contributed by atoms with Crippen molar-refractivity contribution in [3.05, 3.63) is 48.1 Å². The summed E-state index contributed by atoms with van der Waals surface area (Å²) in [6.45, 7) is 3.85. The lowest BCUT2D eigenvalue weighted by atomic mass is 10.3. The van der Waals surface area contributed by atoms with Gasteiger partial charge in [-0.05, 0) is 38.1 Å². The molecule has 0 spiro atoms. The second-order valence-electron chi connectivity index (χ2n) is 4.32. The van der Waals surface area contributed by atoms with Crippen molar-refractivity contribution in [2.75, 3.05) is 5.32 Å². The van der Waals surface area contributed by atoms with E-state index in [1.165, 1.54) is 0 Å². The minimum Gasteiger partial charge on any atom is -0.341 e. The van der Waals surface area contributed by atoms with Crippen LogP contribution in [0.2, 0.25) is 0 Å². The number of carbonyl (C=O) groups is 1. The summed E-state index contributed by atoms with van der Waals surface area (Å²) < 4.78 is 27.8. The molecule has 100 valence electrons. The van der Waals surface area contributed by atoms with E-state index in [0.29, 0.717) is 5.69 Å². The first kappa shape index (κ1) is 13.2. The highest BCUT2D eigenvalue weighted by Gasteiger charge is 2.15. The molecule has 0 aromatic carbocycles. The minimum absolute atomic E-state index is 0.104. The van der Waals surface area contributed by atoms with Gasteiger partial charge in [0.2, 0.25) is 11.9 Å². The van der Waals surface area contributed by atoms with Crippen LogP contribution in [0.25, 0.3) is 0 Å². The summed E-state index contributed by atoms with van der Waals surface area (Å²) in [5, 5.41) is 2.37. The van der Waals surface area contributed by atoms with Crippen LogP contribution in [0.5, 0.6) is 0 Å². The molecule has 2 rings (SSSR count). The van der Waals surface area contributed by atoms with Gasteiger partial charge >= 0.3 is 0 Å². The summed E-state index contributed by atoms with van der Waals surface area (Å²) in [6.07, 6.45) is 1.76. The first-order chi connectivity index (χ1) is 8.99. The number of nitrogens with one attached hydrogen (secondary N) is 1. The molecule has 1 amide bonds. The molecule has 0 bridgehead atoms. The van der Waals surface area contributed by atoms with E-state index in [0.717, 1.165) is 12.1 Å². The summed E-state index contributed by atoms with van der Waals surface area (Å²) in [4.78, 5) is 15.0. The zero-order chi connectivity index (χ0) is 14.0. The lowest BCUT2D eigenvalue weighted by Gasteiger charge is -2.12. The molecule has 0 saturated heterocycles. The van der Waals surface area contributed by atoms with Crippen molar-refractivity contribution in [3.63, 3.8) is 0 Å². The number of nitrogens with zero attached hydrogens (tertiary/aromatic N) is 2. The fourth-order valence-electron chi connectivity index (χ4n) is 1.73. The van der Waals surface area contributed by atoms with Gasteiger partial charge in [-0.3, -0.25) is 4.79 Å². The van der Waals surface area contributed by atoms with Crippen molar-refractivity contribution in [3.8, 4) is 0 Å². The maximum absolute atomic E-state index is 13.3. The molecular formula is C13H13F2N3O. The van der Waals surface area contributed by atoms with Crippen molar-refractivity contribution in [1.29, 1.82) is 0 Å². The maximum atomic E-state index is 13.3. The quantitative estimate of drug-likeness (QED) is 0.867. The van der Waals surface area contributed by atoms with E-state index in [4.69, 9.17) is 0 Å². The maximum Gasteiger partial charge on any atom is 0.272 e. The monoisotopic (exact) mass is 265 g/mol. The Morgan fingerprint density at radius 1 is 1.32 bits per heavy atom. The average Bonchev–Trinajstić information content (AvgIpc) is 2.82. The van der Waals surface area contributed by atoms with Crippen LogP contribution < -0.4 is 5.32 Å². The lowest BCUT2D eigenvalue weighted by molar-refractivity contribution is 0.101. The van der Waals surface area contributed by atoms with Crippen molar-refractivity contribution < 1.29 is 13.6 Å². The normalized spacial score (nSPS) is 10.8. The molecule has 0 atom stereocenters. The fourth-order valence-corrected chi connectivity index (χ4v) is 1.73. The van der Waals surface area contributed by atoms with Gasteiger partial charge in [-0.1, -0.05) is 0 Å². The van der Waals surface area contributed by atoms with E-state index in [1.54, 1.807) is 22.9 Å². The Kier molecular flexibility index (Phi) is 3.59. The molecule has 0 aliphatic rings. The predicted molar refractivity (Wildman–Crippen MR) is 66.9 cm³/mol. The Morgan fingerprint density at radius 2 is 2.05 bits per heavy atom. The highest BCUT2D eigenvalue weighted by Crippen LogP contribution is 2.16. The van der Waals surface area contributed by atoms with Gasteiger partial charge < -0.3 is 9.88 Å². The van der Waals surface area contributed by atoms with Gasteiger partial charge in [-0.25, -0.2) is 0 Å². The second kappa shape index (κ2) is 5.17. The Hall–Kier alpha value is -2.24. The molecular weight excluding hydrogens is 252 g/mol. The number of pyridine rings is 1. The van der Waals surface area contributed by atoms with E-state index in [-0.39, 0.29) is 11.7 Å². The lowest BCUT2D eigenvalue weighted by Crippen LogP contribution is -2.18. The van der Waals surface area contributed by atoms with Gasteiger partial charge in [-0.15, -0.1) is 0 Å². The minimum atomic E-state index is -1.05. The van der Waals surface area contributed by atoms with Crippen LogP contribution in [-0.4, -0.2) is 15.5 Å². The van der Waals surface area contributed by atoms with Crippen LogP contribution in [-0.2, 0) is 0 Å². The van der Waals surface area contributed by atoms with E-state index in [9.17, 15) is 13.6 Å². The number of amides is 1. The van der Waals surface area contributed by atoms with Crippen molar-refractivity contribution >= 4 is 11.6 Å². The highest BCUT2D eigenvalue weighted by molar-refractivity contribution is 6.03. The SMILES string of the molecule is CC(C)n1cccc1C(=O)Nc1ccc(F)nc1F. The van der Waals surface area contributed by atoms with Crippen molar-refractivity contribution in [1.82, 2.24) is 9.55 Å². The van der Waals surface area contributed by atoms with E-state index < -0.39 is 17.8 Å². The summed E-state index contributed by atoms with van der Waals surface area (Å²) in [6, 6.07) is 5.59. The zero-order valence-electron chi connectivity index (χ0n) is 10.5. The number of carbonyl (C=O) groups excluding carboxylic acids is 1. The van der Waals surface area contributed by atoms with Crippen molar-refractivity contribution in [2.45, 2.75) is 19.9 Å². The van der Waals surface area contributed by atoms with E-state index in [2.05, 4.69) is 10.3 Å². The number of hydrogen-bond donors (Lipinski definition) is 1. The third-order valence-corrected chi connectivity index (χ3v) is 2.63. The van der Waals surface area contributed by atoms with Gasteiger partial charge in [0.25, 0.3) is 5.91 Å². The van der Waals surface area contributed by atoms with E-state index in [1.807, 2.05) is 13.8 Å². The number of rotatable bonds is 3. The molecule has 2 aromatic heterocycles. The van der Waals surface area contributed by atoms with Gasteiger partial charge in [0.1, 0.15) is 5.69 Å². The third kappa shape index (κ3) is 2.78.